The van der Waals surface area contributed by atoms with Crippen molar-refractivity contribution in [3.63, 3.8) is 0 Å². The lowest BCUT2D eigenvalue weighted by Crippen LogP contribution is -2.66. The van der Waals surface area contributed by atoms with E-state index in [-0.39, 0.29) is 30.9 Å². The van der Waals surface area contributed by atoms with Crippen molar-refractivity contribution in [3.8, 4) is 0 Å². The van der Waals surface area contributed by atoms with Gasteiger partial charge in [0.2, 0.25) is 0 Å². The molecule has 3 aliphatic rings. The Balaban J connectivity index is 2.21. The number of cyclic esters (lactones) is 1. The van der Waals surface area contributed by atoms with E-state index in [0.29, 0.717) is 13.0 Å². The molecule has 3 aliphatic heterocycles. The molecule has 3 rings (SSSR count). The van der Waals surface area contributed by atoms with Gasteiger partial charge in [-0.3, -0.25) is 4.79 Å². The number of nitrogens with zero attached hydrogens (tertiary/aromatic N) is 2. The summed E-state index contributed by atoms with van der Waals surface area (Å²) < 4.78 is 37.0. The van der Waals surface area contributed by atoms with E-state index in [1.807, 2.05) is 44.8 Å². The zero-order valence-corrected chi connectivity index (χ0v) is 34.5. The van der Waals surface area contributed by atoms with Crippen molar-refractivity contribution in [3.05, 3.63) is 0 Å². The van der Waals surface area contributed by atoms with Gasteiger partial charge < -0.3 is 68.9 Å². The molecule has 0 aromatic heterocycles. The Hall–Kier alpha value is -1.05. The van der Waals surface area contributed by atoms with Crippen LogP contribution in [-0.2, 0) is 33.2 Å². The fourth-order valence-electron chi connectivity index (χ4n) is 8.74. The average Bonchev–Trinajstić information content (AvgIpc) is 3.08. The van der Waals surface area contributed by atoms with Crippen LogP contribution < -0.4 is 0 Å². The maximum Gasteiger partial charge on any atom is 0.311 e. The molecule has 0 saturated carbocycles. The number of rotatable bonds is 7. The highest BCUT2D eigenvalue weighted by Gasteiger charge is 2.56. The van der Waals surface area contributed by atoms with Crippen molar-refractivity contribution in [2.45, 2.75) is 185 Å². The molecular weight excluding hydrogens is 692 g/mol. The summed E-state index contributed by atoms with van der Waals surface area (Å²) in [4.78, 5) is 18.0. The number of ether oxygens (including phenoxy) is 6. The van der Waals surface area contributed by atoms with Crippen molar-refractivity contribution >= 4 is 5.97 Å². The van der Waals surface area contributed by atoms with Gasteiger partial charge in [0, 0.05) is 31.7 Å². The summed E-state index contributed by atoms with van der Waals surface area (Å²) >= 11 is 0. The lowest BCUT2D eigenvalue weighted by atomic mass is 9.77. The second-order valence-electron chi connectivity index (χ2n) is 17.2. The van der Waals surface area contributed by atoms with E-state index in [2.05, 4.69) is 0 Å². The lowest BCUT2D eigenvalue weighted by Gasteiger charge is -2.50. The number of aliphatic hydroxyl groups is 6. The summed E-state index contributed by atoms with van der Waals surface area (Å²) in [5, 5.41) is 69.7. The molecule has 312 valence electrons. The Morgan fingerprint density at radius 1 is 0.906 bits per heavy atom. The third-order valence-corrected chi connectivity index (χ3v) is 12.4. The van der Waals surface area contributed by atoms with Crippen LogP contribution in [0.4, 0.5) is 0 Å². The summed E-state index contributed by atoms with van der Waals surface area (Å²) in [6.45, 7) is 17.3. The molecule has 0 amide bonds. The standard InChI is InChI=1S/C38H72N2O13/c1-15-26-37(9,47)29(42)23(6)40(13)18-19(2)17-36(8,46)32(53-34-27(41)25(39(11)12)16-20(3)49-34)21(4)28(22(5)33(45)51-26)52-35-31(44)38(10,48-14)30(43)24(7)50-35/h19-32,34-35,41-44,46-47H,15-18H2,1-14H3/t19-,20-,21+,22-,23-,24+,25+,26-,27-,28+,29-,30+,31?,32-,34+,35+,36-,37-,38+/m1/s1. The van der Waals surface area contributed by atoms with E-state index >= 15 is 0 Å². The van der Waals surface area contributed by atoms with Gasteiger partial charge >= 0.3 is 5.97 Å². The van der Waals surface area contributed by atoms with E-state index in [9.17, 15) is 35.4 Å². The van der Waals surface area contributed by atoms with Gasteiger partial charge in [-0.1, -0.05) is 20.8 Å². The van der Waals surface area contributed by atoms with E-state index < -0.39 is 102 Å². The zero-order valence-electron chi connectivity index (χ0n) is 34.5. The number of hydrogen-bond acceptors (Lipinski definition) is 15. The monoisotopic (exact) mass is 765 g/mol. The number of hydrogen-bond donors (Lipinski definition) is 6. The summed E-state index contributed by atoms with van der Waals surface area (Å²) in [6, 6.07) is -0.876. The molecule has 3 heterocycles. The Labute approximate surface area is 316 Å². The lowest BCUT2D eigenvalue weighted by molar-refractivity contribution is -0.347. The molecule has 6 N–H and O–H groups in total. The van der Waals surface area contributed by atoms with Gasteiger partial charge in [0.15, 0.2) is 12.6 Å². The van der Waals surface area contributed by atoms with Crippen molar-refractivity contribution < 1.29 is 63.9 Å². The number of aliphatic hydroxyl groups excluding tert-OH is 4. The van der Waals surface area contributed by atoms with Crippen molar-refractivity contribution in [1.29, 1.82) is 0 Å². The van der Waals surface area contributed by atoms with Crippen molar-refractivity contribution in [2.75, 3.05) is 34.8 Å². The van der Waals surface area contributed by atoms with Crippen LogP contribution in [0.5, 0.6) is 0 Å². The van der Waals surface area contributed by atoms with Crippen LogP contribution in [0.3, 0.4) is 0 Å². The average molecular weight is 765 g/mol. The molecule has 0 aromatic rings. The number of carbonyl (C=O) groups excluding carboxylic acids is 1. The number of carbonyl (C=O) groups is 1. The molecule has 15 nitrogen and oxygen atoms in total. The highest BCUT2D eigenvalue weighted by Crippen LogP contribution is 2.40. The quantitative estimate of drug-likeness (QED) is 0.200. The molecule has 53 heavy (non-hydrogen) atoms. The van der Waals surface area contributed by atoms with Gasteiger partial charge in [-0.25, -0.2) is 0 Å². The number of likely N-dealkylation sites (N-methyl/N-ethyl adjacent to an activating group) is 2. The van der Waals surface area contributed by atoms with Crippen LogP contribution in [-0.4, -0.2) is 178 Å². The Morgan fingerprint density at radius 3 is 2.06 bits per heavy atom. The number of esters is 1. The van der Waals surface area contributed by atoms with Crippen LogP contribution in [0.25, 0.3) is 0 Å². The van der Waals surface area contributed by atoms with Gasteiger partial charge in [0.05, 0.1) is 35.9 Å². The molecule has 0 aromatic carbocycles. The van der Waals surface area contributed by atoms with Crippen LogP contribution in [0.2, 0.25) is 0 Å². The first-order valence-electron chi connectivity index (χ1n) is 19.3. The second-order valence-corrected chi connectivity index (χ2v) is 17.2. The molecule has 3 saturated heterocycles. The van der Waals surface area contributed by atoms with E-state index in [0.717, 1.165) is 0 Å². The number of methoxy groups -OCH3 is 1. The Kier molecular flexibility index (Phi) is 15.8. The summed E-state index contributed by atoms with van der Waals surface area (Å²) in [6.07, 6.45) is -11.4. The highest BCUT2D eigenvalue weighted by molar-refractivity contribution is 5.73. The fraction of sp³-hybridized carbons (Fsp3) is 0.974. The Morgan fingerprint density at radius 2 is 1.51 bits per heavy atom. The first-order valence-corrected chi connectivity index (χ1v) is 19.3. The molecule has 0 aliphatic carbocycles. The van der Waals surface area contributed by atoms with Gasteiger partial charge in [-0.05, 0) is 94.8 Å². The minimum Gasteiger partial charge on any atom is -0.459 e. The second kappa shape index (κ2) is 18.0. The molecule has 15 heteroatoms. The molecule has 0 bridgehead atoms. The summed E-state index contributed by atoms with van der Waals surface area (Å²) in [7, 11) is 6.90. The minimum absolute atomic E-state index is 0.178. The van der Waals surface area contributed by atoms with Crippen molar-refractivity contribution in [1.82, 2.24) is 9.80 Å². The van der Waals surface area contributed by atoms with Crippen LogP contribution in [0.1, 0.15) is 88.5 Å². The Bertz CT molecular complexity index is 1180. The zero-order chi connectivity index (χ0) is 40.5. The molecule has 0 spiro atoms. The largest absolute Gasteiger partial charge is 0.459 e. The maximum atomic E-state index is 14.2. The maximum absolute atomic E-state index is 14.2. The van der Waals surface area contributed by atoms with E-state index in [1.165, 1.54) is 21.0 Å². The predicted molar refractivity (Wildman–Crippen MR) is 196 cm³/mol. The highest BCUT2D eigenvalue weighted by atomic mass is 16.7. The molecule has 1 unspecified atom stereocenters. The SMILES string of the molecule is CC[C@H]1OC(=O)[C@H](C)[C@@H](O[C@@H]2O[C@@H](C)[C@H](O)[C@](C)(OC)C2O)[C@H](C)[C@@H](O[C@@H]2O[C@H](C)C[C@H](N(C)C)[C@H]2O)[C@](C)(O)C[C@@H](C)CN(C)[C@H](C)[C@@H](O)[C@]1(C)O. The smallest absolute Gasteiger partial charge is 0.311 e. The van der Waals surface area contributed by atoms with Crippen LogP contribution in [0, 0.1) is 17.8 Å². The third-order valence-electron chi connectivity index (χ3n) is 12.4. The summed E-state index contributed by atoms with van der Waals surface area (Å²) in [5.74, 6) is -2.96. The van der Waals surface area contributed by atoms with Crippen molar-refractivity contribution in [2.24, 2.45) is 17.8 Å². The molecule has 3 fully saturated rings. The fourth-order valence-corrected chi connectivity index (χ4v) is 8.74. The molecular formula is C38H72N2O13. The molecule has 0 radical (unpaired) electrons. The normalized spacial score (nSPS) is 50.3. The first-order chi connectivity index (χ1) is 24.3. The van der Waals surface area contributed by atoms with Gasteiger partial charge in [-0.15, -0.1) is 0 Å². The van der Waals surface area contributed by atoms with Gasteiger partial charge in [-0.2, -0.15) is 0 Å². The predicted octanol–water partition coefficient (Wildman–Crippen LogP) is 0.872. The third kappa shape index (κ3) is 9.92. The summed E-state index contributed by atoms with van der Waals surface area (Å²) in [5.41, 5.74) is -4.98. The topological polar surface area (TPSA) is 200 Å². The van der Waals surface area contributed by atoms with Crippen LogP contribution >= 0.6 is 0 Å². The van der Waals surface area contributed by atoms with E-state index in [4.69, 9.17) is 28.4 Å². The van der Waals surface area contributed by atoms with Gasteiger partial charge in [0.1, 0.15) is 41.7 Å². The molecule has 19 atom stereocenters. The van der Waals surface area contributed by atoms with Gasteiger partial charge in [0.25, 0.3) is 0 Å². The van der Waals surface area contributed by atoms with E-state index in [1.54, 1.807) is 41.5 Å². The van der Waals surface area contributed by atoms with Crippen LogP contribution in [0.15, 0.2) is 0 Å². The first kappa shape index (κ1) is 46.3. The minimum atomic E-state index is -1.84.